The number of carbonyl (C=O) groups excluding carboxylic acids is 1. The van der Waals surface area contributed by atoms with Gasteiger partial charge < -0.3 is 15.2 Å². The molecule has 8 heteroatoms. The Hall–Kier alpha value is -4.12. The van der Waals surface area contributed by atoms with E-state index in [1.165, 1.54) is 18.2 Å². The van der Waals surface area contributed by atoms with Crippen molar-refractivity contribution in [1.82, 2.24) is 0 Å². The molecule has 1 aliphatic heterocycles. The van der Waals surface area contributed by atoms with Crippen molar-refractivity contribution in [2.75, 3.05) is 6.61 Å². The van der Waals surface area contributed by atoms with Crippen molar-refractivity contribution >= 4 is 17.4 Å². The normalized spacial score (nSPS) is 16.1. The van der Waals surface area contributed by atoms with Gasteiger partial charge in [-0.25, -0.2) is 4.79 Å². The Morgan fingerprint density at radius 3 is 2.52 bits per heavy atom. The quantitative estimate of drug-likeness (QED) is 0.470. The Labute approximate surface area is 166 Å². The predicted octanol–water partition coefficient (Wildman–Crippen LogP) is 3.38. The second-order valence-corrected chi connectivity index (χ2v) is 6.07. The van der Waals surface area contributed by atoms with Crippen molar-refractivity contribution in [2.45, 2.75) is 12.8 Å². The fourth-order valence-electron chi connectivity index (χ4n) is 3.19. The van der Waals surface area contributed by atoms with Crippen LogP contribution in [0.25, 0.3) is 5.76 Å². The molecule has 2 N–H and O–H groups in total. The van der Waals surface area contributed by atoms with Gasteiger partial charge >= 0.3 is 5.97 Å². The molecule has 0 aromatic heterocycles. The second-order valence-electron chi connectivity index (χ2n) is 6.07. The lowest BCUT2D eigenvalue weighted by Crippen LogP contribution is -2.26. The lowest BCUT2D eigenvalue weighted by Gasteiger charge is -2.28. The van der Waals surface area contributed by atoms with Crippen LogP contribution in [0.4, 0.5) is 5.69 Å². The number of nitrogens with two attached hydrogens (primary N) is 1. The molecule has 146 valence electrons. The summed E-state index contributed by atoms with van der Waals surface area (Å²) in [7, 11) is 0. The van der Waals surface area contributed by atoms with E-state index < -0.39 is 16.8 Å². The van der Waals surface area contributed by atoms with E-state index in [1.54, 1.807) is 43.3 Å². The zero-order valence-electron chi connectivity index (χ0n) is 15.5. The highest BCUT2D eigenvalue weighted by atomic mass is 16.6. The first kappa shape index (κ1) is 19.6. The van der Waals surface area contributed by atoms with E-state index in [0.717, 1.165) is 0 Å². The SMILES string of the molecule is CCOC(=O)C1=C(c2ccccc2)OC(N)=C(C#N)C1c1ccccc1[N+](=O)[O-]. The zero-order valence-corrected chi connectivity index (χ0v) is 15.5. The van der Waals surface area contributed by atoms with E-state index in [2.05, 4.69) is 0 Å². The van der Waals surface area contributed by atoms with Crippen LogP contribution in [0.5, 0.6) is 0 Å². The van der Waals surface area contributed by atoms with Gasteiger partial charge in [-0.1, -0.05) is 48.5 Å². The van der Waals surface area contributed by atoms with Gasteiger partial charge in [0.15, 0.2) is 0 Å². The van der Waals surface area contributed by atoms with Gasteiger partial charge in [0.1, 0.15) is 17.4 Å². The number of hydrogen-bond donors (Lipinski definition) is 1. The van der Waals surface area contributed by atoms with Crippen molar-refractivity contribution in [3.63, 3.8) is 0 Å². The van der Waals surface area contributed by atoms with Gasteiger partial charge in [0.05, 0.1) is 23.0 Å². The largest absolute Gasteiger partial charge is 0.463 e. The molecule has 0 saturated carbocycles. The summed E-state index contributed by atoms with van der Waals surface area (Å²) in [6.45, 7) is 1.72. The number of nitro benzene ring substituents is 1. The van der Waals surface area contributed by atoms with E-state index in [1.807, 2.05) is 6.07 Å². The average Bonchev–Trinajstić information content (AvgIpc) is 2.73. The van der Waals surface area contributed by atoms with E-state index in [-0.39, 0.29) is 40.6 Å². The predicted molar refractivity (Wildman–Crippen MR) is 104 cm³/mol. The van der Waals surface area contributed by atoms with Gasteiger partial charge in [-0.2, -0.15) is 5.26 Å². The van der Waals surface area contributed by atoms with Gasteiger partial charge in [-0.05, 0) is 6.92 Å². The number of hydrogen-bond acceptors (Lipinski definition) is 7. The molecule has 0 fully saturated rings. The third kappa shape index (κ3) is 3.66. The average molecular weight is 391 g/mol. The molecule has 1 unspecified atom stereocenters. The first-order valence-corrected chi connectivity index (χ1v) is 8.77. The molecular formula is C21H17N3O5. The topological polar surface area (TPSA) is 128 Å². The Kier molecular flexibility index (Phi) is 5.60. The minimum absolute atomic E-state index is 0.0156. The smallest absolute Gasteiger partial charge is 0.338 e. The maximum Gasteiger partial charge on any atom is 0.338 e. The van der Waals surface area contributed by atoms with Gasteiger partial charge in [-0.15, -0.1) is 0 Å². The van der Waals surface area contributed by atoms with E-state index in [9.17, 15) is 20.2 Å². The highest BCUT2D eigenvalue weighted by molar-refractivity contribution is 6.00. The van der Waals surface area contributed by atoms with Crippen LogP contribution in [0.3, 0.4) is 0 Å². The molecule has 2 aromatic carbocycles. The first-order chi connectivity index (χ1) is 14.0. The molecule has 0 saturated heterocycles. The molecule has 1 heterocycles. The number of rotatable bonds is 5. The molecule has 0 aliphatic carbocycles. The van der Waals surface area contributed by atoms with Crippen LogP contribution >= 0.6 is 0 Å². The number of nitro groups is 1. The van der Waals surface area contributed by atoms with Crippen LogP contribution in [0.15, 0.2) is 71.6 Å². The van der Waals surface area contributed by atoms with Gasteiger partial charge in [0.25, 0.3) is 5.69 Å². The highest BCUT2D eigenvalue weighted by Crippen LogP contribution is 2.45. The molecule has 8 nitrogen and oxygen atoms in total. The maximum atomic E-state index is 12.9. The van der Waals surface area contributed by atoms with Gasteiger partial charge in [0, 0.05) is 17.2 Å². The number of nitriles is 1. The number of para-hydroxylation sites is 1. The summed E-state index contributed by atoms with van der Waals surface area (Å²) in [5.41, 5.74) is 6.31. The third-order valence-electron chi connectivity index (χ3n) is 4.40. The van der Waals surface area contributed by atoms with E-state index >= 15 is 0 Å². The van der Waals surface area contributed by atoms with E-state index in [0.29, 0.717) is 5.56 Å². The lowest BCUT2D eigenvalue weighted by atomic mass is 9.81. The summed E-state index contributed by atoms with van der Waals surface area (Å²) in [5.74, 6) is -1.97. The van der Waals surface area contributed by atoms with Gasteiger partial charge in [-0.3, -0.25) is 10.1 Å². The molecular weight excluding hydrogens is 374 g/mol. The molecule has 2 aromatic rings. The summed E-state index contributed by atoms with van der Waals surface area (Å²) in [6, 6.07) is 16.5. The monoisotopic (exact) mass is 391 g/mol. The summed E-state index contributed by atoms with van der Waals surface area (Å²) in [5, 5.41) is 21.3. The van der Waals surface area contributed by atoms with Crippen molar-refractivity contribution < 1.29 is 19.2 Å². The number of ether oxygens (including phenoxy) is 2. The Bertz CT molecular complexity index is 1070. The van der Waals surface area contributed by atoms with Crippen LogP contribution < -0.4 is 5.73 Å². The molecule has 1 aliphatic rings. The van der Waals surface area contributed by atoms with Crippen LogP contribution in [-0.2, 0) is 14.3 Å². The molecule has 3 rings (SSSR count). The van der Waals surface area contributed by atoms with Crippen molar-refractivity contribution in [1.29, 1.82) is 5.26 Å². The summed E-state index contributed by atoms with van der Waals surface area (Å²) in [4.78, 5) is 24.0. The maximum absolute atomic E-state index is 12.9. The van der Waals surface area contributed by atoms with Crippen LogP contribution in [-0.4, -0.2) is 17.5 Å². The molecule has 0 spiro atoms. The van der Waals surface area contributed by atoms with Crippen LogP contribution in [0.1, 0.15) is 24.0 Å². The fourth-order valence-corrected chi connectivity index (χ4v) is 3.19. The number of esters is 1. The van der Waals surface area contributed by atoms with Crippen molar-refractivity contribution in [2.24, 2.45) is 5.73 Å². The number of allylic oxidation sites excluding steroid dienone is 1. The molecule has 0 radical (unpaired) electrons. The van der Waals surface area contributed by atoms with Crippen molar-refractivity contribution in [3.05, 3.63) is 92.9 Å². The minimum Gasteiger partial charge on any atom is -0.463 e. The summed E-state index contributed by atoms with van der Waals surface area (Å²) < 4.78 is 10.8. The fraction of sp³-hybridized carbons (Fsp3) is 0.143. The third-order valence-corrected chi connectivity index (χ3v) is 4.40. The highest BCUT2D eigenvalue weighted by Gasteiger charge is 2.40. The lowest BCUT2D eigenvalue weighted by molar-refractivity contribution is -0.385. The molecule has 29 heavy (non-hydrogen) atoms. The number of nitrogens with zero attached hydrogens (tertiary/aromatic N) is 2. The molecule has 1 atom stereocenters. The molecule has 0 amide bonds. The standard InChI is InChI=1S/C21H17N3O5/c1-2-28-21(25)18-17(14-10-6-7-11-16(14)24(26)27)15(12-22)20(23)29-19(18)13-8-4-3-5-9-13/h3-11,17H,2,23H2,1H3. The molecule has 0 bridgehead atoms. The Morgan fingerprint density at radius 2 is 1.90 bits per heavy atom. The van der Waals surface area contributed by atoms with Gasteiger partial charge in [0.2, 0.25) is 5.88 Å². The van der Waals surface area contributed by atoms with E-state index in [4.69, 9.17) is 15.2 Å². The van der Waals surface area contributed by atoms with Crippen molar-refractivity contribution in [3.8, 4) is 6.07 Å². The Morgan fingerprint density at radius 1 is 1.24 bits per heavy atom. The number of carbonyl (C=O) groups is 1. The van der Waals surface area contributed by atoms with Crippen LogP contribution in [0, 0.1) is 21.4 Å². The first-order valence-electron chi connectivity index (χ1n) is 8.77. The van der Waals surface area contributed by atoms with Crippen LogP contribution in [0.2, 0.25) is 0 Å². The second kappa shape index (κ2) is 8.27. The summed E-state index contributed by atoms with van der Waals surface area (Å²) in [6.07, 6.45) is 0. The minimum atomic E-state index is -1.11. The Balaban J connectivity index is 2.35. The summed E-state index contributed by atoms with van der Waals surface area (Å²) >= 11 is 0. The number of benzene rings is 2. The zero-order chi connectivity index (χ0) is 21.0.